The molecule has 4 rings (SSSR count). The van der Waals surface area contributed by atoms with Gasteiger partial charge in [0, 0.05) is 43.9 Å². The minimum absolute atomic E-state index is 0.0603. The van der Waals surface area contributed by atoms with Gasteiger partial charge >= 0.3 is 6.36 Å². The summed E-state index contributed by atoms with van der Waals surface area (Å²) < 4.78 is 47.7. The summed E-state index contributed by atoms with van der Waals surface area (Å²) >= 11 is 0. The van der Waals surface area contributed by atoms with E-state index < -0.39 is 6.36 Å². The smallest absolute Gasteiger partial charge is 0.406 e. The van der Waals surface area contributed by atoms with Crippen molar-refractivity contribution in [2.24, 2.45) is 5.92 Å². The van der Waals surface area contributed by atoms with Gasteiger partial charge in [-0.25, -0.2) is 0 Å². The number of aromatic nitrogens is 1. The number of hydrogen-bond donors (Lipinski definition) is 0. The Labute approximate surface area is 177 Å². The largest absolute Gasteiger partial charge is 0.573 e. The number of hydrogen-bond acceptors (Lipinski definition) is 4. The van der Waals surface area contributed by atoms with Crippen molar-refractivity contribution in [1.82, 2.24) is 9.47 Å². The molecule has 0 saturated carbocycles. The molecule has 1 aromatic heterocycles. The maximum Gasteiger partial charge on any atom is 0.573 e. The van der Waals surface area contributed by atoms with Gasteiger partial charge in [0.05, 0.1) is 13.0 Å². The van der Waals surface area contributed by atoms with Gasteiger partial charge in [-0.3, -0.25) is 9.59 Å². The number of carbonyl (C=O) groups excluding carboxylic acids is 1. The lowest BCUT2D eigenvalue weighted by Gasteiger charge is -2.43. The number of nitrogens with zero attached hydrogens (tertiary/aromatic N) is 2. The van der Waals surface area contributed by atoms with E-state index in [4.69, 9.17) is 4.74 Å². The average molecular weight is 436 g/mol. The number of piperidine rings is 1. The van der Waals surface area contributed by atoms with E-state index in [-0.39, 0.29) is 29.1 Å². The van der Waals surface area contributed by atoms with Crippen LogP contribution in [0.2, 0.25) is 0 Å². The molecule has 0 spiro atoms. The molecule has 3 heterocycles. The average Bonchev–Trinajstić information content (AvgIpc) is 2.72. The Kier molecular flexibility index (Phi) is 5.79. The van der Waals surface area contributed by atoms with E-state index in [1.54, 1.807) is 17.7 Å². The van der Waals surface area contributed by atoms with E-state index in [0.29, 0.717) is 43.8 Å². The predicted molar refractivity (Wildman–Crippen MR) is 107 cm³/mol. The van der Waals surface area contributed by atoms with Gasteiger partial charge in [0.25, 0.3) is 5.56 Å². The molecule has 2 aromatic rings. The second-order valence-electron chi connectivity index (χ2n) is 8.00. The van der Waals surface area contributed by atoms with Crippen LogP contribution in [0.3, 0.4) is 0 Å². The molecule has 0 aliphatic carbocycles. The van der Waals surface area contributed by atoms with E-state index >= 15 is 0 Å². The van der Waals surface area contributed by atoms with Crippen LogP contribution in [0.1, 0.15) is 24.5 Å². The van der Waals surface area contributed by atoms with Gasteiger partial charge in [0.1, 0.15) is 5.75 Å². The molecule has 2 atom stereocenters. The van der Waals surface area contributed by atoms with Gasteiger partial charge in [-0.2, -0.15) is 0 Å². The van der Waals surface area contributed by atoms with Crippen molar-refractivity contribution in [1.29, 1.82) is 0 Å². The molecule has 1 fully saturated rings. The fourth-order valence-electron chi connectivity index (χ4n) is 4.55. The van der Waals surface area contributed by atoms with Crippen LogP contribution in [-0.2, 0) is 16.1 Å². The first-order valence-electron chi connectivity index (χ1n) is 10.1. The van der Waals surface area contributed by atoms with Crippen molar-refractivity contribution in [3.63, 3.8) is 0 Å². The van der Waals surface area contributed by atoms with Gasteiger partial charge in [-0.1, -0.05) is 12.1 Å². The molecule has 31 heavy (non-hydrogen) atoms. The number of halogens is 3. The lowest BCUT2D eigenvalue weighted by Crippen LogP contribution is -2.49. The highest BCUT2D eigenvalue weighted by molar-refractivity contribution is 5.76. The third-order valence-corrected chi connectivity index (χ3v) is 5.88. The second kappa shape index (κ2) is 8.37. The summed E-state index contributed by atoms with van der Waals surface area (Å²) in [5.41, 5.74) is 1.68. The Hall–Kier alpha value is -2.81. The first-order chi connectivity index (χ1) is 14.7. The van der Waals surface area contributed by atoms with E-state index in [1.807, 2.05) is 11.0 Å². The van der Waals surface area contributed by atoms with Crippen LogP contribution in [0.25, 0.3) is 11.1 Å². The van der Waals surface area contributed by atoms with Crippen molar-refractivity contribution in [3.8, 4) is 16.9 Å². The highest BCUT2D eigenvalue weighted by Gasteiger charge is 2.36. The fourth-order valence-corrected chi connectivity index (χ4v) is 4.55. The number of benzene rings is 1. The monoisotopic (exact) mass is 436 g/mol. The normalized spacial score (nSPS) is 20.3. The molecule has 0 radical (unpaired) electrons. The van der Waals surface area contributed by atoms with Crippen molar-refractivity contribution < 1.29 is 27.4 Å². The molecular weight excluding hydrogens is 413 g/mol. The van der Waals surface area contributed by atoms with Crippen LogP contribution in [0.4, 0.5) is 13.2 Å². The fraction of sp³-hybridized carbons (Fsp3) is 0.455. The Morgan fingerprint density at radius 1 is 1.10 bits per heavy atom. The summed E-state index contributed by atoms with van der Waals surface area (Å²) in [7, 11) is 1.56. The zero-order chi connectivity index (χ0) is 22.2. The number of fused-ring (bicyclic) bond motifs is 4. The maximum atomic E-state index is 13.2. The molecule has 6 nitrogen and oxygen atoms in total. The van der Waals surface area contributed by atoms with Crippen molar-refractivity contribution in [2.75, 3.05) is 26.8 Å². The Morgan fingerprint density at radius 2 is 1.84 bits per heavy atom. The number of alkyl halides is 3. The molecule has 166 valence electrons. The first kappa shape index (κ1) is 21.4. The molecule has 2 bridgehead atoms. The summed E-state index contributed by atoms with van der Waals surface area (Å²) in [5, 5.41) is 0. The van der Waals surface area contributed by atoms with E-state index in [2.05, 4.69) is 4.74 Å². The first-order valence-corrected chi connectivity index (χ1v) is 10.1. The van der Waals surface area contributed by atoms with Gasteiger partial charge < -0.3 is 18.9 Å². The topological polar surface area (TPSA) is 60.8 Å². The van der Waals surface area contributed by atoms with Crippen LogP contribution in [0.15, 0.2) is 41.2 Å². The Bertz CT molecular complexity index is 1020. The van der Waals surface area contributed by atoms with Crippen molar-refractivity contribution in [2.45, 2.75) is 31.7 Å². The molecular formula is C22H23F3N2O4. The highest BCUT2D eigenvalue weighted by Crippen LogP contribution is 2.36. The number of likely N-dealkylation sites (tertiary alicyclic amines) is 1. The SMILES string of the molecule is COCCC(=O)N1C[C@H]2C[C@H](C1)c1ccc(-c3ccc(OC(F)(F)F)cc3)c(=O)n1C2. The minimum Gasteiger partial charge on any atom is -0.406 e. The number of amides is 1. The number of carbonyl (C=O) groups is 1. The van der Waals surface area contributed by atoms with Gasteiger partial charge in [-0.05, 0) is 42.2 Å². The summed E-state index contributed by atoms with van der Waals surface area (Å²) in [6, 6.07) is 8.89. The highest BCUT2D eigenvalue weighted by atomic mass is 19.4. The zero-order valence-corrected chi connectivity index (χ0v) is 17.0. The number of ether oxygens (including phenoxy) is 2. The number of pyridine rings is 1. The molecule has 0 unspecified atom stereocenters. The van der Waals surface area contributed by atoms with E-state index in [0.717, 1.165) is 12.1 Å². The van der Waals surface area contributed by atoms with Crippen molar-refractivity contribution >= 4 is 5.91 Å². The van der Waals surface area contributed by atoms with Crippen LogP contribution in [0.5, 0.6) is 5.75 Å². The quantitative estimate of drug-likeness (QED) is 0.721. The third-order valence-electron chi connectivity index (χ3n) is 5.88. The second-order valence-corrected chi connectivity index (χ2v) is 8.00. The molecule has 1 aromatic carbocycles. The Balaban J connectivity index is 1.57. The van der Waals surface area contributed by atoms with Gasteiger partial charge in [0.15, 0.2) is 0 Å². The standard InChI is InChI=1S/C22H23F3N2O4/c1-30-9-8-20(28)26-11-14-10-16(13-26)19-7-6-18(21(29)27(19)12-14)15-2-4-17(5-3-15)31-22(23,24)25/h2-7,14,16H,8-13H2,1H3/t14-,16-/m1/s1. The minimum atomic E-state index is -4.76. The number of methoxy groups -OCH3 is 1. The van der Waals surface area contributed by atoms with Crippen LogP contribution < -0.4 is 10.3 Å². The Morgan fingerprint density at radius 3 is 2.52 bits per heavy atom. The summed E-state index contributed by atoms with van der Waals surface area (Å²) in [4.78, 5) is 27.4. The van der Waals surface area contributed by atoms with Crippen molar-refractivity contribution in [3.05, 3.63) is 52.4 Å². The molecule has 9 heteroatoms. The van der Waals surface area contributed by atoms with Gasteiger partial charge in [-0.15, -0.1) is 13.2 Å². The third kappa shape index (κ3) is 4.61. The molecule has 0 N–H and O–H groups in total. The van der Waals surface area contributed by atoms with E-state index in [1.165, 1.54) is 24.3 Å². The maximum absolute atomic E-state index is 13.2. The van der Waals surface area contributed by atoms with E-state index in [9.17, 15) is 22.8 Å². The summed E-state index contributed by atoms with van der Waals surface area (Å²) in [6.07, 6.45) is -3.49. The lowest BCUT2D eigenvalue weighted by molar-refractivity contribution is -0.274. The molecule has 1 saturated heterocycles. The van der Waals surface area contributed by atoms with Crippen LogP contribution in [-0.4, -0.2) is 48.5 Å². The molecule has 1 amide bonds. The predicted octanol–water partition coefficient (Wildman–Crippen LogP) is 3.40. The van der Waals surface area contributed by atoms with Gasteiger partial charge in [0.2, 0.25) is 5.91 Å². The summed E-state index contributed by atoms with van der Waals surface area (Å²) in [5.74, 6) is 0.00349. The zero-order valence-electron chi connectivity index (χ0n) is 17.0. The van der Waals surface area contributed by atoms with Crippen LogP contribution in [0, 0.1) is 5.92 Å². The molecule has 2 aliphatic rings. The van der Waals surface area contributed by atoms with Crippen LogP contribution >= 0.6 is 0 Å². The lowest BCUT2D eigenvalue weighted by atomic mass is 9.82. The molecule has 2 aliphatic heterocycles. The number of rotatable bonds is 5. The summed E-state index contributed by atoms with van der Waals surface area (Å²) in [6.45, 7) is 2.08.